The second-order valence-corrected chi connectivity index (χ2v) is 10.2. The molecule has 2 aromatic carbocycles. The Morgan fingerprint density at radius 3 is 2.70 bits per heavy atom. The minimum absolute atomic E-state index is 0.00474. The lowest BCUT2D eigenvalue weighted by molar-refractivity contribution is -0.113. The highest BCUT2D eigenvalue weighted by atomic mass is 32.2. The predicted molar refractivity (Wildman–Crippen MR) is 123 cm³/mol. The van der Waals surface area contributed by atoms with E-state index in [2.05, 4.69) is 15.5 Å². The Kier molecular flexibility index (Phi) is 7.08. The third kappa shape index (κ3) is 5.42. The van der Waals surface area contributed by atoms with Gasteiger partial charge < -0.3 is 9.73 Å². The van der Waals surface area contributed by atoms with Gasteiger partial charge in [0.2, 0.25) is 21.8 Å². The number of nitrogens with one attached hydrogen (secondary N) is 1. The molecular formula is C22H21N5O4S2. The zero-order valence-electron chi connectivity index (χ0n) is 17.6. The van der Waals surface area contributed by atoms with E-state index in [0.29, 0.717) is 29.9 Å². The van der Waals surface area contributed by atoms with E-state index < -0.39 is 10.0 Å². The van der Waals surface area contributed by atoms with Crippen molar-refractivity contribution in [3.05, 3.63) is 54.1 Å². The van der Waals surface area contributed by atoms with Crippen LogP contribution < -0.4 is 5.32 Å². The number of nitriles is 1. The van der Waals surface area contributed by atoms with Gasteiger partial charge in [0.05, 0.1) is 21.9 Å². The number of nitrogens with zero attached hydrogens (tertiary/aromatic N) is 4. The predicted octanol–water partition coefficient (Wildman–Crippen LogP) is 3.51. The smallest absolute Gasteiger partial charge is 0.277 e. The van der Waals surface area contributed by atoms with Crippen molar-refractivity contribution in [1.29, 1.82) is 5.26 Å². The minimum Gasteiger partial charge on any atom is -0.411 e. The molecule has 1 saturated heterocycles. The summed E-state index contributed by atoms with van der Waals surface area (Å²) in [5.41, 5.74) is 1.29. The zero-order valence-corrected chi connectivity index (χ0v) is 19.2. The fourth-order valence-corrected chi connectivity index (χ4v) is 5.56. The molecule has 0 bridgehead atoms. The molecule has 1 N–H and O–H groups in total. The van der Waals surface area contributed by atoms with E-state index in [0.717, 1.165) is 31.0 Å². The molecule has 4 rings (SSSR count). The first-order valence-corrected chi connectivity index (χ1v) is 12.8. The van der Waals surface area contributed by atoms with E-state index in [9.17, 15) is 13.2 Å². The fourth-order valence-electron chi connectivity index (χ4n) is 3.43. The van der Waals surface area contributed by atoms with Crippen molar-refractivity contribution in [3.63, 3.8) is 0 Å². The first-order chi connectivity index (χ1) is 16.0. The van der Waals surface area contributed by atoms with Gasteiger partial charge in [-0.1, -0.05) is 36.4 Å². The molecule has 9 nitrogen and oxygen atoms in total. The summed E-state index contributed by atoms with van der Waals surface area (Å²) in [7, 11) is -3.58. The van der Waals surface area contributed by atoms with Crippen LogP contribution in [0.2, 0.25) is 0 Å². The average Bonchev–Trinajstić information content (AvgIpc) is 3.33. The van der Waals surface area contributed by atoms with E-state index in [4.69, 9.17) is 9.68 Å². The molecule has 0 spiro atoms. The number of thioether (sulfide) groups is 1. The van der Waals surface area contributed by atoms with E-state index in [-0.39, 0.29) is 27.7 Å². The highest BCUT2D eigenvalue weighted by molar-refractivity contribution is 7.99. The van der Waals surface area contributed by atoms with Gasteiger partial charge in [0.1, 0.15) is 6.07 Å². The molecule has 1 fully saturated rings. The second-order valence-electron chi connectivity index (χ2n) is 7.36. The summed E-state index contributed by atoms with van der Waals surface area (Å²) < 4.78 is 33.0. The Bertz CT molecular complexity index is 1290. The molecule has 0 saturated carbocycles. The molecular weight excluding hydrogens is 462 g/mol. The molecule has 1 aromatic heterocycles. The van der Waals surface area contributed by atoms with Crippen molar-refractivity contribution >= 4 is 33.4 Å². The third-order valence-corrected chi connectivity index (χ3v) is 7.80. The Balaban J connectivity index is 1.42. The number of carbonyl (C=O) groups is 1. The number of aromatic nitrogens is 2. The van der Waals surface area contributed by atoms with Crippen LogP contribution in [0.1, 0.15) is 24.8 Å². The van der Waals surface area contributed by atoms with Crippen molar-refractivity contribution in [2.45, 2.75) is 29.4 Å². The van der Waals surface area contributed by atoms with Crippen LogP contribution in [-0.2, 0) is 14.8 Å². The van der Waals surface area contributed by atoms with Crippen molar-refractivity contribution < 1.29 is 17.6 Å². The Morgan fingerprint density at radius 2 is 1.91 bits per heavy atom. The van der Waals surface area contributed by atoms with Crippen LogP contribution in [0, 0.1) is 11.3 Å². The van der Waals surface area contributed by atoms with E-state index in [1.807, 2.05) is 6.07 Å². The van der Waals surface area contributed by atoms with Gasteiger partial charge in [-0.05, 0) is 43.2 Å². The minimum atomic E-state index is -3.58. The summed E-state index contributed by atoms with van der Waals surface area (Å²) in [5, 5.41) is 19.9. The number of rotatable bonds is 7. The number of hydrogen-bond donors (Lipinski definition) is 1. The number of piperidine rings is 1. The summed E-state index contributed by atoms with van der Waals surface area (Å²) in [5.74, 6) is -0.148. The molecule has 0 radical (unpaired) electrons. The monoisotopic (exact) mass is 483 g/mol. The number of amides is 1. The van der Waals surface area contributed by atoms with Crippen molar-refractivity contribution in [2.75, 3.05) is 24.2 Å². The molecule has 33 heavy (non-hydrogen) atoms. The number of benzene rings is 2. The molecule has 11 heteroatoms. The average molecular weight is 484 g/mol. The summed E-state index contributed by atoms with van der Waals surface area (Å²) in [6.45, 7) is 1.05. The van der Waals surface area contributed by atoms with Gasteiger partial charge in [-0.25, -0.2) is 8.42 Å². The van der Waals surface area contributed by atoms with Crippen LogP contribution in [0.3, 0.4) is 0 Å². The highest BCUT2D eigenvalue weighted by Gasteiger charge is 2.26. The lowest BCUT2D eigenvalue weighted by atomic mass is 10.2. The summed E-state index contributed by atoms with van der Waals surface area (Å²) in [4.78, 5) is 12.4. The number of para-hydroxylation sites is 1. The lowest BCUT2D eigenvalue weighted by Crippen LogP contribution is -2.35. The summed E-state index contributed by atoms with van der Waals surface area (Å²) >= 11 is 1.05. The second kappa shape index (κ2) is 10.2. The Hall–Kier alpha value is -3.20. The van der Waals surface area contributed by atoms with E-state index in [1.54, 1.807) is 42.5 Å². The normalized spacial score (nSPS) is 14.5. The maximum Gasteiger partial charge on any atom is 0.277 e. The maximum atomic E-state index is 12.9. The van der Waals surface area contributed by atoms with Crippen LogP contribution in [-0.4, -0.2) is 47.7 Å². The zero-order chi connectivity index (χ0) is 23.3. The number of hydrogen-bond acceptors (Lipinski definition) is 8. The first kappa shape index (κ1) is 23.0. The highest BCUT2D eigenvalue weighted by Crippen LogP contribution is 2.27. The number of carbonyl (C=O) groups excluding carboxylic acids is 1. The molecule has 0 aliphatic carbocycles. The maximum absolute atomic E-state index is 12.9. The summed E-state index contributed by atoms with van der Waals surface area (Å²) in [6.07, 6.45) is 2.76. The first-order valence-electron chi connectivity index (χ1n) is 10.3. The van der Waals surface area contributed by atoms with Gasteiger partial charge in [-0.2, -0.15) is 9.57 Å². The molecule has 0 atom stereocenters. The number of anilines is 1. The van der Waals surface area contributed by atoms with Crippen LogP contribution >= 0.6 is 11.8 Å². The van der Waals surface area contributed by atoms with Crippen molar-refractivity contribution in [2.24, 2.45) is 0 Å². The largest absolute Gasteiger partial charge is 0.411 e. The Labute approximate surface area is 195 Å². The van der Waals surface area contributed by atoms with Gasteiger partial charge in [0, 0.05) is 18.7 Å². The molecule has 2 heterocycles. The van der Waals surface area contributed by atoms with E-state index in [1.165, 1.54) is 10.4 Å². The van der Waals surface area contributed by atoms with Crippen LogP contribution in [0.25, 0.3) is 11.5 Å². The van der Waals surface area contributed by atoms with E-state index >= 15 is 0 Å². The van der Waals surface area contributed by atoms with Gasteiger partial charge in [0.25, 0.3) is 5.22 Å². The van der Waals surface area contributed by atoms with Crippen LogP contribution in [0.5, 0.6) is 0 Å². The van der Waals surface area contributed by atoms with Gasteiger partial charge in [-0.15, -0.1) is 10.2 Å². The lowest BCUT2D eigenvalue weighted by Gasteiger charge is -2.25. The standard InChI is InChI=1S/C22H21N5O4S2/c23-14-17-7-2-3-10-19(17)24-20(28)15-32-22-26-25-21(31-22)16-8-6-9-18(13-16)33(29,30)27-11-4-1-5-12-27/h2-3,6-10,13H,1,4-5,11-12,15H2,(H,24,28). The third-order valence-electron chi connectivity index (χ3n) is 5.09. The molecule has 1 amide bonds. The van der Waals surface area contributed by atoms with Gasteiger partial charge in [-0.3, -0.25) is 4.79 Å². The van der Waals surface area contributed by atoms with Crippen molar-refractivity contribution in [3.8, 4) is 17.5 Å². The van der Waals surface area contributed by atoms with Crippen LogP contribution in [0.4, 0.5) is 5.69 Å². The SMILES string of the molecule is N#Cc1ccccc1NC(=O)CSc1nnc(-c2cccc(S(=O)(=O)N3CCCCC3)c2)o1. The van der Waals surface area contributed by atoms with Gasteiger partial charge in [0.15, 0.2) is 0 Å². The fraction of sp³-hybridized carbons (Fsp3) is 0.273. The Morgan fingerprint density at radius 1 is 1.12 bits per heavy atom. The quantitative estimate of drug-likeness (QED) is 0.506. The molecule has 1 aliphatic rings. The molecule has 3 aromatic rings. The van der Waals surface area contributed by atoms with Gasteiger partial charge >= 0.3 is 0 Å². The molecule has 0 unspecified atom stereocenters. The van der Waals surface area contributed by atoms with Crippen molar-refractivity contribution in [1.82, 2.24) is 14.5 Å². The topological polar surface area (TPSA) is 129 Å². The van der Waals surface area contributed by atoms with Crippen LogP contribution in [0.15, 0.2) is 63.1 Å². The molecule has 170 valence electrons. The molecule has 1 aliphatic heterocycles. The number of sulfonamides is 1. The summed E-state index contributed by atoms with van der Waals surface area (Å²) in [6, 6.07) is 15.2.